The summed E-state index contributed by atoms with van der Waals surface area (Å²) in [5.41, 5.74) is -0.204. The zero-order valence-corrected chi connectivity index (χ0v) is 12.2. The monoisotopic (exact) mass is 285 g/mol. The first-order valence-electron chi connectivity index (χ1n) is 6.51. The predicted octanol–water partition coefficient (Wildman–Crippen LogP) is 1.80. The Morgan fingerprint density at radius 1 is 1.15 bits per heavy atom. The van der Waals surface area contributed by atoms with Crippen molar-refractivity contribution in [3.05, 3.63) is 12.2 Å². The summed E-state index contributed by atoms with van der Waals surface area (Å²) in [6.45, 7) is 5.69. The van der Waals surface area contributed by atoms with Crippen LogP contribution in [-0.2, 0) is 14.4 Å². The summed E-state index contributed by atoms with van der Waals surface area (Å²) in [5.74, 6) is -2.30. The molecule has 0 fully saturated rings. The maximum atomic E-state index is 11.7. The molecule has 0 saturated carbocycles. The van der Waals surface area contributed by atoms with Crippen LogP contribution in [0.1, 0.15) is 46.5 Å². The number of carboxylic acids is 2. The third-order valence-corrected chi connectivity index (χ3v) is 2.39. The van der Waals surface area contributed by atoms with Gasteiger partial charge in [-0.25, -0.2) is 4.79 Å². The fourth-order valence-electron chi connectivity index (χ4n) is 1.51. The highest BCUT2D eigenvalue weighted by Crippen LogP contribution is 2.18. The summed E-state index contributed by atoms with van der Waals surface area (Å²) in [6, 6.07) is -0.981. The Labute approximate surface area is 118 Å². The Morgan fingerprint density at radius 2 is 1.75 bits per heavy atom. The Bertz CT molecular complexity index is 382. The average molecular weight is 285 g/mol. The summed E-state index contributed by atoms with van der Waals surface area (Å²) in [7, 11) is 0. The Balaban J connectivity index is 4.27. The summed E-state index contributed by atoms with van der Waals surface area (Å²) in [4.78, 5) is 33.0. The van der Waals surface area contributed by atoms with Crippen molar-refractivity contribution >= 4 is 17.8 Å². The van der Waals surface area contributed by atoms with Crippen LogP contribution in [-0.4, -0.2) is 34.1 Å². The van der Waals surface area contributed by atoms with Crippen molar-refractivity contribution in [2.24, 2.45) is 5.41 Å². The van der Waals surface area contributed by atoms with Crippen molar-refractivity contribution < 1.29 is 24.6 Å². The van der Waals surface area contributed by atoms with Crippen LogP contribution in [0, 0.1) is 5.41 Å². The van der Waals surface area contributed by atoms with Crippen LogP contribution in [0.4, 0.5) is 0 Å². The van der Waals surface area contributed by atoms with Crippen molar-refractivity contribution in [3.8, 4) is 0 Å². The van der Waals surface area contributed by atoms with E-state index in [1.54, 1.807) is 12.2 Å². The van der Waals surface area contributed by atoms with Crippen LogP contribution >= 0.6 is 0 Å². The Kier molecular flexibility index (Phi) is 7.57. The minimum Gasteiger partial charge on any atom is -0.481 e. The van der Waals surface area contributed by atoms with Gasteiger partial charge in [-0.1, -0.05) is 32.9 Å². The van der Waals surface area contributed by atoms with Crippen molar-refractivity contribution in [1.29, 1.82) is 0 Å². The highest BCUT2D eigenvalue weighted by atomic mass is 16.4. The molecule has 0 aliphatic carbocycles. The van der Waals surface area contributed by atoms with Gasteiger partial charge in [0.05, 0.1) is 0 Å². The molecule has 0 aliphatic heterocycles. The molecule has 114 valence electrons. The molecule has 0 spiro atoms. The molecule has 20 heavy (non-hydrogen) atoms. The minimum absolute atomic E-state index is 0.00458. The van der Waals surface area contributed by atoms with Gasteiger partial charge in [0.2, 0.25) is 5.91 Å². The third-order valence-electron chi connectivity index (χ3n) is 2.39. The van der Waals surface area contributed by atoms with E-state index < -0.39 is 18.0 Å². The molecule has 0 aromatic carbocycles. The van der Waals surface area contributed by atoms with Crippen LogP contribution in [0.25, 0.3) is 0 Å². The number of rotatable bonds is 8. The van der Waals surface area contributed by atoms with Gasteiger partial charge in [-0.3, -0.25) is 9.59 Å². The van der Waals surface area contributed by atoms with Crippen molar-refractivity contribution in [2.45, 2.75) is 52.5 Å². The molecule has 1 atom stereocenters. The first-order chi connectivity index (χ1) is 9.11. The smallest absolute Gasteiger partial charge is 0.326 e. The normalized spacial score (nSPS) is 13.2. The molecule has 0 rings (SSSR count). The van der Waals surface area contributed by atoms with E-state index in [0.717, 1.165) is 0 Å². The van der Waals surface area contributed by atoms with Crippen LogP contribution in [0.3, 0.4) is 0 Å². The fourth-order valence-corrected chi connectivity index (χ4v) is 1.51. The van der Waals surface area contributed by atoms with Gasteiger partial charge in [0, 0.05) is 12.8 Å². The average Bonchev–Trinajstić information content (AvgIpc) is 2.23. The molecular weight excluding hydrogens is 262 g/mol. The fraction of sp³-hybridized carbons (Fsp3) is 0.643. The number of aliphatic carboxylic acids is 2. The molecule has 0 bridgehead atoms. The third kappa shape index (κ3) is 10.1. The molecule has 0 heterocycles. The number of carbonyl (C=O) groups excluding carboxylic acids is 1. The number of allylic oxidation sites excluding steroid dienone is 1. The SMILES string of the molecule is CC(C)(C)CC(=O)NC(CC=CCCC(=O)O)C(=O)O. The zero-order valence-electron chi connectivity index (χ0n) is 12.2. The standard InChI is InChI=1S/C14H23NO5/c1-14(2,3)9-11(16)15-10(13(19)20)7-5-4-6-8-12(17)18/h4-5,10H,6-9H2,1-3H3,(H,15,16)(H,17,18)(H,19,20). The van der Waals surface area contributed by atoms with Crippen LogP contribution in [0.5, 0.6) is 0 Å². The second kappa shape index (κ2) is 8.35. The number of amides is 1. The summed E-state index contributed by atoms with van der Waals surface area (Å²) < 4.78 is 0. The summed E-state index contributed by atoms with van der Waals surface area (Å²) >= 11 is 0. The van der Waals surface area contributed by atoms with Gasteiger partial charge in [-0.05, 0) is 18.3 Å². The van der Waals surface area contributed by atoms with E-state index >= 15 is 0 Å². The number of carbonyl (C=O) groups is 3. The predicted molar refractivity (Wildman–Crippen MR) is 74.3 cm³/mol. The van der Waals surface area contributed by atoms with Crippen molar-refractivity contribution in [2.75, 3.05) is 0 Å². The highest BCUT2D eigenvalue weighted by Gasteiger charge is 2.22. The molecular formula is C14H23NO5. The van der Waals surface area contributed by atoms with Gasteiger partial charge >= 0.3 is 11.9 Å². The Morgan fingerprint density at radius 3 is 2.20 bits per heavy atom. The lowest BCUT2D eigenvalue weighted by molar-refractivity contribution is -0.142. The van der Waals surface area contributed by atoms with Crippen molar-refractivity contribution in [1.82, 2.24) is 5.32 Å². The number of hydrogen-bond donors (Lipinski definition) is 3. The zero-order chi connectivity index (χ0) is 15.8. The number of hydrogen-bond acceptors (Lipinski definition) is 3. The molecule has 3 N–H and O–H groups in total. The summed E-state index contributed by atoms with van der Waals surface area (Å²) in [5, 5.41) is 19.9. The summed E-state index contributed by atoms with van der Waals surface area (Å²) in [6.07, 6.45) is 3.94. The van der Waals surface area contributed by atoms with E-state index in [1.807, 2.05) is 20.8 Å². The molecule has 1 amide bonds. The maximum absolute atomic E-state index is 11.7. The van der Waals surface area contributed by atoms with Gasteiger partial charge in [0.25, 0.3) is 0 Å². The molecule has 1 unspecified atom stereocenters. The first kappa shape index (κ1) is 18.1. The number of carboxylic acid groups (broad SMARTS) is 2. The van der Waals surface area contributed by atoms with E-state index in [2.05, 4.69) is 5.32 Å². The van der Waals surface area contributed by atoms with E-state index in [-0.39, 0.29) is 30.6 Å². The van der Waals surface area contributed by atoms with E-state index in [1.165, 1.54) is 0 Å². The second-order valence-corrected chi connectivity index (χ2v) is 5.84. The van der Waals surface area contributed by atoms with Crippen molar-refractivity contribution in [3.63, 3.8) is 0 Å². The first-order valence-corrected chi connectivity index (χ1v) is 6.51. The molecule has 0 aromatic rings. The van der Waals surface area contributed by atoms with Gasteiger partial charge in [-0.15, -0.1) is 0 Å². The lowest BCUT2D eigenvalue weighted by Crippen LogP contribution is -2.41. The van der Waals surface area contributed by atoms with Gasteiger partial charge in [-0.2, -0.15) is 0 Å². The van der Waals surface area contributed by atoms with Gasteiger partial charge in [0.1, 0.15) is 6.04 Å². The molecule has 0 aromatic heterocycles. The molecule has 0 aliphatic rings. The largest absolute Gasteiger partial charge is 0.481 e. The quantitative estimate of drug-likeness (QED) is 0.590. The molecule has 0 saturated heterocycles. The Hall–Kier alpha value is -1.85. The minimum atomic E-state index is -1.10. The number of nitrogens with one attached hydrogen (secondary N) is 1. The van der Waals surface area contributed by atoms with Crippen LogP contribution in [0.2, 0.25) is 0 Å². The van der Waals surface area contributed by atoms with Gasteiger partial charge in [0.15, 0.2) is 0 Å². The second-order valence-electron chi connectivity index (χ2n) is 5.84. The molecule has 6 heteroatoms. The van der Waals surface area contributed by atoms with Crippen LogP contribution in [0.15, 0.2) is 12.2 Å². The maximum Gasteiger partial charge on any atom is 0.326 e. The van der Waals surface area contributed by atoms with Crippen LogP contribution < -0.4 is 5.32 Å². The van der Waals surface area contributed by atoms with E-state index in [0.29, 0.717) is 6.42 Å². The lowest BCUT2D eigenvalue weighted by Gasteiger charge is -2.19. The van der Waals surface area contributed by atoms with E-state index in [4.69, 9.17) is 10.2 Å². The van der Waals surface area contributed by atoms with Gasteiger partial charge < -0.3 is 15.5 Å². The van der Waals surface area contributed by atoms with E-state index in [9.17, 15) is 14.4 Å². The lowest BCUT2D eigenvalue weighted by atomic mass is 9.92. The topological polar surface area (TPSA) is 104 Å². The molecule has 0 radical (unpaired) electrons. The molecule has 6 nitrogen and oxygen atoms in total. The highest BCUT2D eigenvalue weighted by molar-refractivity contribution is 5.83.